The standard InChI is InChI=1S/C24H29N5OS/c1-5-16-29-23(19-10-8-18(4)9-11-19)26-27-24(29)31-17-22(30)25-20-12-14-21(15-13-20)28(6-2)7-3/h5,8-15H,1,6-7,16-17H2,2-4H3,(H,25,30). The Hall–Kier alpha value is -3.06. The third-order valence-corrected chi connectivity index (χ3v) is 5.92. The van der Waals surface area contributed by atoms with E-state index in [4.69, 9.17) is 0 Å². The van der Waals surface area contributed by atoms with Crippen molar-refractivity contribution in [2.24, 2.45) is 0 Å². The fraction of sp³-hybridized carbons (Fsp3) is 0.292. The van der Waals surface area contributed by atoms with Crippen molar-refractivity contribution in [1.29, 1.82) is 0 Å². The van der Waals surface area contributed by atoms with E-state index in [-0.39, 0.29) is 11.7 Å². The number of hydrogen-bond acceptors (Lipinski definition) is 5. The highest BCUT2D eigenvalue weighted by Gasteiger charge is 2.15. The molecule has 1 heterocycles. The van der Waals surface area contributed by atoms with Gasteiger partial charge in [-0.05, 0) is 45.0 Å². The molecule has 1 N–H and O–H groups in total. The molecule has 0 atom stereocenters. The summed E-state index contributed by atoms with van der Waals surface area (Å²) in [6.45, 7) is 12.6. The third-order valence-electron chi connectivity index (χ3n) is 4.95. The second-order valence-electron chi connectivity index (χ2n) is 7.13. The monoisotopic (exact) mass is 435 g/mol. The number of allylic oxidation sites excluding steroid dienone is 1. The van der Waals surface area contributed by atoms with Crippen molar-refractivity contribution in [1.82, 2.24) is 14.8 Å². The van der Waals surface area contributed by atoms with Crippen LogP contribution < -0.4 is 10.2 Å². The number of anilines is 2. The Morgan fingerprint density at radius 3 is 2.39 bits per heavy atom. The molecule has 2 aromatic carbocycles. The Bertz CT molecular complexity index is 1010. The number of carbonyl (C=O) groups excluding carboxylic acids is 1. The molecule has 0 radical (unpaired) electrons. The van der Waals surface area contributed by atoms with Crippen LogP contribution in [0, 0.1) is 6.92 Å². The summed E-state index contributed by atoms with van der Waals surface area (Å²) in [5, 5.41) is 12.3. The van der Waals surface area contributed by atoms with E-state index < -0.39 is 0 Å². The van der Waals surface area contributed by atoms with Gasteiger partial charge in [0.15, 0.2) is 11.0 Å². The maximum atomic E-state index is 12.5. The lowest BCUT2D eigenvalue weighted by Crippen LogP contribution is -2.21. The zero-order valence-corrected chi connectivity index (χ0v) is 19.2. The number of amides is 1. The topological polar surface area (TPSA) is 63.1 Å². The fourth-order valence-corrected chi connectivity index (χ4v) is 4.02. The van der Waals surface area contributed by atoms with Gasteiger partial charge in [-0.15, -0.1) is 16.8 Å². The molecule has 162 valence electrons. The van der Waals surface area contributed by atoms with Crippen LogP contribution >= 0.6 is 11.8 Å². The first-order valence-corrected chi connectivity index (χ1v) is 11.4. The Balaban J connectivity index is 1.64. The molecule has 0 aliphatic rings. The molecule has 6 nitrogen and oxygen atoms in total. The minimum absolute atomic E-state index is 0.0781. The van der Waals surface area contributed by atoms with Gasteiger partial charge in [0.2, 0.25) is 5.91 Å². The summed E-state index contributed by atoms with van der Waals surface area (Å²) in [6.07, 6.45) is 1.81. The molecule has 0 fully saturated rings. The number of aryl methyl sites for hydroxylation is 1. The molecule has 0 aliphatic heterocycles. The van der Waals surface area contributed by atoms with E-state index in [9.17, 15) is 4.79 Å². The molecule has 0 unspecified atom stereocenters. The number of carbonyl (C=O) groups is 1. The summed E-state index contributed by atoms with van der Waals surface area (Å²) in [5.41, 5.74) is 4.12. The number of nitrogens with zero attached hydrogens (tertiary/aromatic N) is 4. The van der Waals surface area contributed by atoms with Crippen molar-refractivity contribution in [3.8, 4) is 11.4 Å². The number of rotatable bonds is 10. The van der Waals surface area contributed by atoms with E-state index in [2.05, 4.69) is 47.8 Å². The van der Waals surface area contributed by atoms with E-state index in [0.717, 1.165) is 35.9 Å². The minimum Gasteiger partial charge on any atom is -0.372 e. The molecule has 0 aliphatic carbocycles. The molecule has 0 spiro atoms. The lowest BCUT2D eigenvalue weighted by Gasteiger charge is -2.21. The minimum atomic E-state index is -0.0781. The third kappa shape index (κ3) is 5.76. The van der Waals surface area contributed by atoms with Crippen LogP contribution in [0.4, 0.5) is 11.4 Å². The quantitative estimate of drug-likeness (QED) is 0.358. The Morgan fingerprint density at radius 1 is 1.10 bits per heavy atom. The highest BCUT2D eigenvalue weighted by molar-refractivity contribution is 7.99. The summed E-state index contributed by atoms with van der Waals surface area (Å²) in [4.78, 5) is 14.7. The summed E-state index contributed by atoms with van der Waals surface area (Å²) in [7, 11) is 0. The van der Waals surface area contributed by atoms with Gasteiger partial charge in [0, 0.05) is 36.6 Å². The first-order chi connectivity index (χ1) is 15.0. The van der Waals surface area contributed by atoms with E-state index in [1.54, 1.807) is 0 Å². The molecule has 3 aromatic rings. The van der Waals surface area contributed by atoms with Gasteiger partial charge in [-0.1, -0.05) is 47.7 Å². The van der Waals surface area contributed by atoms with Crippen LogP contribution in [0.15, 0.2) is 66.3 Å². The van der Waals surface area contributed by atoms with Crippen LogP contribution in [0.2, 0.25) is 0 Å². The van der Waals surface area contributed by atoms with E-state index in [1.807, 2.05) is 59.2 Å². The van der Waals surface area contributed by atoms with Crippen LogP contribution in [0.3, 0.4) is 0 Å². The van der Waals surface area contributed by atoms with Gasteiger partial charge in [-0.25, -0.2) is 0 Å². The smallest absolute Gasteiger partial charge is 0.234 e. The zero-order chi connectivity index (χ0) is 22.2. The number of benzene rings is 2. The average molecular weight is 436 g/mol. The molecule has 0 saturated heterocycles. The van der Waals surface area contributed by atoms with Crippen molar-refractivity contribution in [2.75, 3.05) is 29.1 Å². The van der Waals surface area contributed by atoms with Gasteiger partial charge in [-0.3, -0.25) is 9.36 Å². The molecule has 1 aromatic heterocycles. The number of thioether (sulfide) groups is 1. The molecule has 0 bridgehead atoms. The van der Waals surface area contributed by atoms with Gasteiger partial charge < -0.3 is 10.2 Å². The van der Waals surface area contributed by atoms with Gasteiger partial charge in [0.25, 0.3) is 0 Å². The number of aromatic nitrogens is 3. The van der Waals surface area contributed by atoms with Crippen LogP contribution in [0.1, 0.15) is 19.4 Å². The Morgan fingerprint density at radius 2 is 1.77 bits per heavy atom. The van der Waals surface area contributed by atoms with Crippen LogP contribution in [-0.2, 0) is 11.3 Å². The van der Waals surface area contributed by atoms with Crippen molar-refractivity contribution in [2.45, 2.75) is 32.5 Å². The number of hydrogen-bond donors (Lipinski definition) is 1. The van der Waals surface area contributed by atoms with Crippen LogP contribution in [0.25, 0.3) is 11.4 Å². The highest BCUT2D eigenvalue weighted by Crippen LogP contribution is 2.25. The normalized spacial score (nSPS) is 10.7. The molecule has 1 amide bonds. The predicted octanol–water partition coefficient (Wildman–Crippen LogP) is 5.02. The van der Waals surface area contributed by atoms with Crippen LogP contribution in [0.5, 0.6) is 0 Å². The lowest BCUT2D eigenvalue weighted by molar-refractivity contribution is -0.113. The first kappa shape index (κ1) is 22.6. The zero-order valence-electron chi connectivity index (χ0n) is 18.3. The molecule has 31 heavy (non-hydrogen) atoms. The maximum absolute atomic E-state index is 12.5. The number of nitrogens with one attached hydrogen (secondary N) is 1. The Kier molecular flexibility index (Phi) is 7.89. The van der Waals surface area contributed by atoms with Crippen LogP contribution in [-0.4, -0.2) is 39.5 Å². The lowest BCUT2D eigenvalue weighted by atomic mass is 10.1. The van der Waals surface area contributed by atoms with Crippen molar-refractivity contribution in [3.63, 3.8) is 0 Å². The van der Waals surface area contributed by atoms with E-state index in [0.29, 0.717) is 11.7 Å². The van der Waals surface area contributed by atoms with Gasteiger partial charge >= 0.3 is 0 Å². The molecule has 0 saturated carbocycles. The fourth-order valence-electron chi connectivity index (χ4n) is 3.28. The largest absolute Gasteiger partial charge is 0.372 e. The second-order valence-corrected chi connectivity index (χ2v) is 8.07. The SMILES string of the molecule is C=CCn1c(SCC(=O)Nc2ccc(N(CC)CC)cc2)nnc1-c1ccc(C)cc1. The maximum Gasteiger partial charge on any atom is 0.234 e. The van der Waals surface area contributed by atoms with Gasteiger partial charge in [0.1, 0.15) is 0 Å². The second kappa shape index (κ2) is 10.8. The van der Waals surface area contributed by atoms with Gasteiger partial charge in [-0.2, -0.15) is 0 Å². The van der Waals surface area contributed by atoms with Crippen molar-refractivity contribution < 1.29 is 4.79 Å². The summed E-state index contributed by atoms with van der Waals surface area (Å²) >= 11 is 1.37. The molecule has 7 heteroatoms. The summed E-state index contributed by atoms with van der Waals surface area (Å²) in [6, 6.07) is 16.1. The van der Waals surface area contributed by atoms with E-state index in [1.165, 1.54) is 17.3 Å². The summed E-state index contributed by atoms with van der Waals surface area (Å²) < 4.78 is 1.98. The molecule has 3 rings (SSSR count). The first-order valence-electron chi connectivity index (χ1n) is 10.4. The Labute approximate surface area is 188 Å². The summed E-state index contributed by atoms with van der Waals surface area (Å²) in [5.74, 6) is 0.946. The van der Waals surface area contributed by atoms with Crippen molar-refractivity contribution >= 4 is 29.0 Å². The van der Waals surface area contributed by atoms with Crippen molar-refractivity contribution in [3.05, 3.63) is 66.7 Å². The average Bonchev–Trinajstić information content (AvgIpc) is 3.18. The highest BCUT2D eigenvalue weighted by atomic mass is 32.2. The van der Waals surface area contributed by atoms with E-state index >= 15 is 0 Å². The van der Waals surface area contributed by atoms with Gasteiger partial charge in [0.05, 0.1) is 5.75 Å². The predicted molar refractivity (Wildman–Crippen MR) is 130 cm³/mol. The molecular weight excluding hydrogens is 406 g/mol. The molecular formula is C24H29N5OS.